The van der Waals surface area contributed by atoms with Crippen molar-refractivity contribution in [3.05, 3.63) is 75.2 Å². The van der Waals surface area contributed by atoms with Crippen molar-refractivity contribution in [2.24, 2.45) is 0 Å². The number of hydrogen-bond acceptors (Lipinski definition) is 5. The lowest BCUT2D eigenvalue weighted by Crippen LogP contribution is -2.25. The highest BCUT2D eigenvalue weighted by Gasteiger charge is 2.28. The number of amides is 2. The summed E-state index contributed by atoms with van der Waals surface area (Å²) >= 11 is 1.48. The zero-order chi connectivity index (χ0) is 21.5. The molecule has 5 rings (SSSR count). The molecular weight excluding hydrogens is 412 g/mol. The van der Waals surface area contributed by atoms with Gasteiger partial charge in [0.05, 0.1) is 18.4 Å². The number of hydrogen-bond donors (Lipinski definition) is 2. The van der Waals surface area contributed by atoms with Gasteiger partial charge in [0.15, 0.2) is 5.76 Å². The summed E-state index contributed by atoms with van der Waals surface area (Å²) in [6.45, 7) is 4.16. The fourth-order valence-electron chi connectivity index (χ4n) is 4.11. The van der Waals surface area contributed by atoms with Crippen LogP contribution in [0, 0.1) is 13.8 Å². The van der Waals surface area contributed by atoms with Crippen molar-refractivity contribution in [3.8, 4) is 0 Å². The first-order valence-corrected chi connectivity index (χ1v) is 11.1. The third-order valence-electron chi connectivity index (χ3n) is 5.68. The fraction of sp³-hybridized carbons (Fsp3) is 0.250. The van der Waals surface area contributed by atoms with Gasteiger partial charge >= 0.3 is 0 Å². The van der Waals surface area contributed by atoms with Gasteiger partial charge in [0.25, 0.3) is 11.8 Å². The molecule has 0 unspecified atom stereocenters. The highest BCUT2D eigenvalue weighted by Crippen LogP contribution is 2.39. The molecule has 2 amide bonds. The van der Waals surface area contributed by atoms with Crippen LogP contribution in [0.1, 0.15) is 54.7 Å². The van der Waals surface area contributed by atoms with E-state index in [0.29, 0.717) is 28.5 Å². The number of fused-ring (bicyclic) bond motifs is 2. The fourth-order valence-corrected chi connectivity index (χ4v) is 5.39. The van der Waals surface area contributed by atoms with E-state index in [-0.39, 0.29) is 17.6 Å². The number of furan rings is 2. The van der Waals surface area contributed by atoms with Crippen molar-refractivity contribution in [2.45, 2.75) is 39.7 Å². The van der Waals surface area contributed by atoms with E-state index in [1.807, 2.05) is 38.1 Å². The van der Waals surface area contributed by atoms with Gasteiger partial charge in [-0.1, -0.05) is 12.1 Å². The zero-order valence-corrected chi connectivity index (χ0v) is 18.2. The lowest BCUT2D eigenvalue weighted by molar-refractivity contribution is 0.0948. The number of carbonyl (C=O) groups is 2. The Morgan fingerprint density at radius 3 is 2.81 bits per heavy atom. The highest BCUT2D eigenvalue weighted by atomic mass is 32.1. The molecule has 7 heteroatoms. The van der Waals surface area contributed by atoms with Crippen LogP contribution >= 0.6 is 11.3 Å². The molecule has 3 heterocycles. The van der Waals surface area contributed by atoms with Crippen molar-refractivity contribution < 1.29 is 18.4 Å². The zero-order valence-electron chi connectivity index (χ0n) is 17.3. The highest BCUT2D eigenvalue weighted by molar-refractivity contribution is 7.17. The first kappa shape index (κ1) is 19.6. The predicted molar refractivity (Wildman–Crippen MR) is 120 cm³/mol. The smallest absolute Gasteiger partial charge is 0.292 e. The van der Waals surface area contributed by atoms with Crippen LogP contribution in [0.15, 0.2) is 45.4 Å². The van der Waals surface area contributed by atoms with Gasteiger partial charge in [-0.2, -0.15) is 0 Å². The molecule has 1 aliphatic rings. The molecule has 0 atom stereocenters. The molecule has 6 nitrogen and oxygen atoms in total. The molecule has 3 aromatic heterocycles. The van der Waals surface area contributed by atoms with Crippen molar-refractivity contribution in [1.82, 2.24) is 5.32 Å². The van der Waals surface area contributed by atoms with E-state index < -0.39 is 0 Å². The number of benzene rings is 1. The minimum Gasteiger partial charge on any atom is -0.467 e. The quantitative estimate of drug-likeness (QED) is 0.442. The third kappa shape index (κ3) is 3.55. The monoisotopic (exact) mass is 434 g/mol. The lowest BCUT2D eigenvalue weighted by Gasteiger charge is -2.08. The van der Waals surface area contributed by atoms with Gasteiger partial charge in [-0.25, -0.2) is 0 Å². The molecule has 31 heavy (non-hydrogen) atoms. The molecule has 158 valence electrons. The number of nitrogens with one attached hydrogen (secondary N) is 2. The Balaban J connectivity index is 1.43. The Kier molecular flexibility index (Phi) is 4.90. The summed E-state index contributed by atoms with van der Waals surface area (Å²) in [7, 11) is 0. The Morgan fingerprint density at radius 1 is 1.13 bits per heavy atom. The van der Waals surface area contributed by atoms with E-state index in [2.05, 4.69) is 10.6 Å². The molecule has 0 fully saturated rings. The molecule has 0 saturated carbocycles. The second kappa shape index (κ2) is 7.74. The number of anilines is 1. The van der Waals surface area contributed by atoms with Gasteiger partial charge in [0.2, 0.25) is 0 Å². The Hall–Kier alpha value is -3.32. The van der Waals surface area contributed by atoms with Gasteiger partial charge < -0.3 is 19.5 Å². The summed E-state index contributed by atoms with van der Waals surface area (Å²) in [6.07, 6.45) is 4.37. The van der Waals surface area contributed by atoms with Crippen LogP contribution in [-0.2, 0) is 19.4 Å². The minimum absolute atomic E-state index is 0.206. The molecule has 0 saturated heterocycles. The van der Waals surface area contributed by atoms with E-state index in [4.69, 9.17) is 8.83 Å². The van der Waals surface area contributed by atoms with E-state index >= 15 is 0 Å². The number of thiophene rings is 1. The normalized spacial score (nSPS) is 12.8. The van der Waals surface area contributed by atoms with Gasteiger partial charge in [0.1, 0.15) is 16.3 Å². The maximum atomic E-state index is 13.1. The van der Waals surface area contributed by atoms with Crippen LogP contribution in [0.2, 0.25) is 0 Å². The first-order chi connectivity index (χ1) is 15.0. The van der Waals surface area contributed by atoms with Crippen LogP contribution in [0.5, 0.6) is 0 Å². The first-order valence-electron chi connectivity index (χ1n) is 10.3. The second-order valence-corrected chi connectivity index (χ2v) is 8.94. The largest absolute Gasteiger partial charge is 0.467 e. The Labute approximate surface area is 183 Å². The average Bonchev–Trinajstić information content (AvgIpc) is 3.50. The average molecular weight is 435 g/mol. The SMILES string of the molecule is Cc1ccc2c(C)c(C(=O)Nc3sc4c(c3C(=O)NCc3ccco3)CCC4)oc2c1. The van der Waals surface area contributed by atoms with E-state index in [1.54, 1.807) is 12.3 Å². The van der Waals surface area contributed by atoms with Crippen LogP contribution in [0.4, 0.5) is 5.00 Å². The summed E-state index contributed by atoms with van der Waals surface area (Å²) in [6, 6.07) is 9.48. The lowest BCUT2D eigenvalue weighted by atomic mass is 10.1. The van der Waals surface area contributed by atoms with Gasteiger partial charge in [0, 0.05) is 15.8 Å². The molecule has 1 aromatic carbocycles. The summed E-state index contributed by atoms with van der Waals surface area (Å²) in [4.78, 5) is 27.3. The third-order valence-corrected chi connectivity index (χ3v) is 6.89. The van der Waals surface area contributed by atoms with Crippen molar-refractivity contribution in [3.63, 3.8) is 0 Å². The summed E-state index contributed by atoms with van der Waals surface area (Å²) in [5.41, 5.74) is 4.14. The second-order valence-electron chi connectivity index (χ2n) is 7.83. The number of aryl methyl sites for hydroxylation is 3. The molecule has 4 aromatic rings. The summed E-state index contributed by atoms with van der Waals surface area (Å²) in [5.74, 6) is 0.407. The van der Waals surface area contributed by atoms with E-state index in [9.17, 15) is 9.59 Å². The van der Waals surface area contributed by atoms with Crippen LogP contribution < -0.4 is 10.6 Å². The summed E-state index contributed by atoms with van der Waals surface area (Å²) < 4.78 is 11.2. The van der Waals surface area contributed by atoms with Gasteiger partial charge in [-0.3, -0.25) is 9.59 Å². The molecule has 0 radical (unpaired) electrons. The minimum atomic E-state index is -0.341. The Bertz CT molecular complexity index is 1300. The maximum Gasteiger partial charge on any atom is 0.292 e. The standard InChI is InChI=1S/C24H22N2O4S/c1-13-8-9-16-14(2)21(30-18(16)11-13)23(28)26-24-20(17-6-3-7-19(17)31-24)22(27)25-12-15-5-4-10-29-15/h4-5,8-11H,3,6-7,12H2,1-2H3,(H,25,27)(H,26,28). The topological polar surface area (TPSA) is 84.5 Å². The number of carbonyl (C=O) groups excluding carboxylic acids is 2. The van der Waals surface area contributed by atoms with Crippen LogP contribution in [0.25, 0.3) is 11.0 Å². The number of rotatable bonds is 5. The van der Waals surface area contributed by atoms with E-state index in [0.717, 1.165) is 46.2 Å². The molecule has 0 aliphatic heterocycles. The molecule has 2 N–H and O–H groups in total. The van der Waals surface area contributed by atoms with Gasteiger partial charge in [-0.15, -0.1) is 11.3 Å². The van der Waals surface area contributed by atoms with Gasteiger partial charge in [-0.05, 0) is 62.4 Å². The Morgan fingerprint density at radius 2 is 2.00 bits per heavy atom. The van der Waals surface area contributed by atoms with Crippen molar-refractivity contribution >= 4 is 39.1 Å². The molecule has 0 bridgehead atoms. The van der Waals surface area contributed by atoms with Crippen molar-refractivity contribution in [2.75, 3.05) is 5.32 Å². The maximum absolute atomic E-state index is 13.1. The molecule has 1 aliphatic carbocycles. The summed E-state index contributed by atoms with van der Waals surface area (Å²) in [5, 5.41) is 7.35. The molecule has 0 spiro atoms. The van der Waals surface area contributed by atoms with E-state index in [1.165, 1.54) is 11.3 Å². The molecular formula is C24H22N2O4S. The van der Waals surface area contributed by atoms with Crippen molar-refractivity contribution in [1.29, 1.82) is 0 Å². The predicted octanol–water partition coefficient (Wildman–Crippen LogP) is 5.38. The van der Waals surface area contributed by atoms with Crippen LogP contribution in [-0.4, -0.2) is 11.8 Å². The van der Waals surface area contributed by atoms with Crippen LogP contribution in [0.3, 0.4) is 0 Å².